The number of H-pyrrole nitrogens is 1. The average Bonchev–Trinajstić information content (AvgIpc) is 3.59. The Kier molecular flexibility index (Phi) is 12.7. The quantitative estimate of drug-likeness (QED) is 0.186. The van der Waals surface area contributed by atoms with E-state index in [2.05, 4.69) is 38.6 Å². The third-order valence-electron chi connectivity index (χ3n) is 6.28. The number of tetrazole rings is 1. The molecule has 0 saturated heterocycles. The lowest BCUT2D eigenvalue weighted by Crippen LogP contribution is -2.55. The minimum Gasteiger partial charge on any atom is -0.480 e. The maximum atomic E-state index is 13.9. The number of fused-ring (bicyclic) bond motifs is 1. The Labute approximate surface area is 257 Å². The second-order valence-corrected chi connectivity index (χ2v) is 10.6. The van der Waals surface area contributed by atoms with Gasteiger partial charge >= 0.3 is 5.97 Å². The number of nitrogens with one attached hydrogen (secondary N) is 2. The molecule has 3 aromatic rings. The van der Waals surface area contributed by atoms with Crippen molar-refractivity contribution >= 4 is 59.5 Å². The van der Waals surface area contributed by atoms with Gasteiger partial charge in [-0.1, -0.05) is 48.5 Å². The summed E-state index contributed by atoms with van der Waals surface area (Å²) >= 11 is 5.57. The van der Waals surface area contributed by atoms with Crippen molar-refractivity contribution in [1.82, 2.24) is 30.8 Å². The van der Waals surface area contributed by atoms with E-state index in [4.69, 9.17) is 10.7 Å². The van der Waals surface area contributed by atoms with E-state index in [1.165, 1.54) is 30.0 Å². The van der Waals surface area contributed by atoms with Crippen molar-refractivity contribution in [3.63, 3.8) is 0 Å². The van der Waals surface area contributed by atoms with Gasteiger partial charge in [-0.2, -0.15) is 24.4 Å². The molecule has 4 rings (SSSR count). The first kappa shape index (κ1) is 33.2. The molecule has 3 amide bonds. The van der Waals surface area contributed by atoms with E-state index >= 15 is 0 Å². The summed E-state index contributed by atoms with van der Waals surface area (Å²) in [5.74, 6) is -2.36. The van der Waals surface area contributed by atoms with Crippen LogP contribution in [0.1, 0.15) is 17.5 Å². The summed E-state index contributed by atoms with van der Waals surface area (Å²) in [6.45, 7) is -0.465. The van der Waals surface area contributed by atoms with Crippen LogP contribution in [-0.2, 0) is 19.2 Å². The van der Waals surface area contributed by atoms with Crippen molar-refractivity contribution in [3.8, 4) is 0 Å². The molecule has 0 radical (unpaired) electrons. The Balaban J connectivity index is 0.000000915. The highest BCUT2D eigenvalue weighted by atomic mass is 32.2. The third kappa shape index (κ3) is 8.86. The fourth-order valence-corrected chi connectivity index (χ4v) is 4.75. The monoisotopic (exact) mass is 627 g/mol. The summed E-state index contributed by atoms with van der Waals surface area (Å²) in [5.41, 5.74) is 8.08. The molecule has 0 fully saturated rings. The van der Waals surface area contributed by atoms with Gasteiger partial charge < -0.3 is 21.1 Å². The van der Waals surface area contributed by atoms with Crippen LogP contribution in [0.5, 0.6) is 0 Å². The smallest absolute Gasteiger partial charge is 0.326 e. The topological polar surface area (TPSA) is 200 Å². The Hall–Kier alpha value is -4.28. The van der Waals surface area contributed by atoms with Crippen LogP contribution in [0.4, 0.5) is 5.69 Å². The van der Waals surface area contributed by atoms with E-state index in [1.807, 2.05) is 36.6 Å². The Morgan fingerprint density at radius 1 is 1.19 bits per heavy atom. The van der Waals surface area contributed by atoms with Crippen molar-refractivity contribution in [2.24, 2.45) is 10.7 Å². The molecule has 5 N–H and O–H groups in total. The van der Waals surface area contributed by atoms with Crippen molar-refractivity contribution in [2.45, 2.75) is 24.7 Å². The van der Waals surface area contributed by atoms with E-state index in [0.717, 1.165) is 4.90 Å². The first-order chi connectivity index (χ1) is 20.7. The van der Waals surface area contributed by atoms with E-state index in [-0.39, 0.29) is 12.2 Å². The van der Waals surface area contributed by atoms with E-state index in [0.29, 0.717) is 28.3 Å². The lowest BCUT2D eigenvalue weighted by molar-refractivity contribution is -0.142. The molecule has 1 aliphatic rings. The molecule has 2 unspecified atom stereocenters. The second-order valence-electron chi connectivity index (χ2n) is 9.20. The number of aliphatic carboxylic acids is 1. The standard InChI is InChI=1S/C26H31N5O5S2.CH2N4/c1-30(24(33)18(27)15-37)23-25(34)31(14-21(32)28-19(26(35)36)12-13-38-2)20-11-7-6-10-17(20)22(29-23)16-8-4-3-5-9-16;1-2-4-5-3-1/h3-11,18-19,23,37H,12-15,27H2,1-2H3,(H,28,32)(H,35,36);1H,(H,2,3,4,5)/t18?,19-,23?;/m0./s1. The van der Waals surface area contributed by atoms with Gasteiger partial charge in [-0.05, 0) is 34.9 Å². The molecule has 1 aromatic heterocycles. The van der Waals surface area contributed by atoms with Gasteiger partial charge in [0.05, 0.1) is 17.4 Å². The number of hydrogen-bond acceptors (Lipinski definition) is 11. The van der Waals surface area contributed by atoms with Gasteiger partial charge in [-0.25, -0.2) is 14.9 Å². The summed E-state index contributed by atoms with van der Waals surface area (Å²) in [5, 5.41) is 24.1. The average molecular weight is 628 g/mol. The number of carbonyl (C=O) groups is 4. The summed E-state index contributed by atoms with van der Waals surface area (Å²) in [6.07, 6.45) is 2.15. The Morgan fingerprint density at radius 3 is 2.47 bits per heavy atom. The van der Waals surface area contributed by atoms with Gasteiger partial charge in [-0.3, -0.25) is 19.3 Å². The third-order valence-corrected chi connectivity index (χ3v) is 7.32. The lowest BCUT2D eigenvalue weighted by Gasteiger charge is -2.30. The number of carboxylic acids is 1. The molecule has 0 saturated carbocycles. The molecule has 14 nitrogen and oxygen atoms in total. The van der Waals surface area contributed by atoms with Gasteiger partial charge in [0.15, 0.2) is 0 Å². The second kappa shape index (κ2) is 16.4. The Bertz CT molecular complexity index is 1390. The molecule has 0 aliphatic carbocycles. The van der Waals surface area contributed by atoms with Crippen LogP contribution in [0.3, 0.4) is 0 Å². The van der Waals surface area contributed by atoms with Crippen molar-refractivity contribution in [1.29, 1.82) is 0 Å². The number of nitrogens with two attached hydrogens (primary N) is 1. The summed E-state index contributed by atoms with van der Waals surface area (Å²) < 4.78 is 0. The van der Waals surface area contributed by atoms with Crippen molar-refractivity contribution < 1.29 is 24.3 Å². The number of aromatic amines is 1. The number of likely N-dealkylation sites (N-methyl/N-ethyl adjacent to an activating group) is 1. The minimum atomic E-state index is -1.32. The normalized spacial score (nSPS) is 15.5. The van der Waals surface area contributed by atoms with Crippen LogP contribution in [-0.4, -0.2) is 110 Å². The van der Waals surface area contributed by atoms with E-state index in [9.17, 15) is 24.3 Å². The van der Waals surface area contributed by atoms with Gasteiger partial charge in [0.2, 0.25) is 18.0 Å². The SMILES string of the molecule is CSCC[C@H](NC(=O)CN1C(=O)C(N(C)C(=O)C(N)CS)N=C(c2ccccc2)c2ccccc21)C(=O)O.c1nnn[nH]1. The maximum Gasteiger partial charge on any atom is 0.326 e. The summed E-state index contributed by atoms with van der Waals surface area (Å²) in [4.78, 5) is 58.7. The molecular formula is C27H33N9O5S2. The number of anilines is 1. The van der Waals surface area contributed by atoms with Gasteiger partial charge in [0, 0.05) is 23.9 Å². The number of hydrogen-bond donors (Lipinski definition) is 5. The first-order valence-electron chi connectivity index (χ1n) is 13.0. The number of para-hydroxylation sites is 1. The molecular weight excluding hydrogens is 594 g/mol. The number of carboxylic acid groups (broad SMARTS) is 1. The van der Waals surface area contributed by atoms with E-state index in [1.54, 1.807) is 24.3 Å². The molecule has 0 bridgehead atoms. The number of nitrogens with zero attached hydrogens (tertiary/aromatic N) is 6. The summed E-state index contributed by atoms with van der Waals surface area (Å²) in [6, 6.07) is 14.1. The number of rotatable bonds is 11. The number of thioether (sulfide) groups is 1. The molecule has 43 heavy (non-hydrogen) atoms. The first-order valence-corrected chi connectivity index (χ1v) is 15.1. The minimum absolute atomic E-state index is 0.0678. The predicted octanol–water partition coefficient (Wildman–Crippen LogP) is 0.434. The van der Waals surface area contributed by atoms with Crippen LogP contribution in [0, 0.1) is 0 Å². The van der Waals surface area contributed by atoms with Crippen LogP contribution in [0.15, 0.2) is 65.9 Å². The number of aromatic nitrogens is 4. The zero-order valence-corrected chi connectivity index (χ0v) is 25.2. The number of amides is 3. The lowest BCUT2D eigenvalue weighted by atomic mass is 10.0. The number of aliphatic imine (C=N–C) groups is 1. The highest BCUT2D eigenvalue weighted by Crippen LogP contribution is 2.29. The number of benzodiazepines with no additional fused rings is 1. The van der Waals surface area contributed by atoms with Gasteiger partial charge in [-0.15, -0.1) is 5.10 Å². The van der Waals surface area contributed by atoms with Crippen LogP contribution >= 0.6 is 24.4 Å². The fourth-order valence-electron chi connectivity index (χ4n) is 4.12. The largest absolute Gasteiger partial charge is 0.480 e. The molecule has 16 heteroatoms. The fraction of sp³-hybridized carbons (Fsp3) is 0.333. The number of thiol groups is 1. The molecule has 1 aliphatic heterocycles. The highest BCUT2D eigenvalue weighted by molar-refractivity contribution is 7.98. The molecule has 2 aromatic carbocycles. The molecule has 3 atom stereocenters. The predicted molar refractivity (Wildman–Crippen MR) is 166 cm³/mol. The van der Waals surface area contributed by atoms with E-state index < -0.39 is 48.5 Å². The van der Waals surface area contributed by atoms with Crippen molar-refractivity contribution in [3.05, 3.63) is 72.1 Å². The number of carbonyl (C=O) groups excluding carboxylic acids is 3. The zero-order chi connectivity index (χ0) is 31.4. The number of benzene rings is 2. The van der Waals surface area contributed by atoms with Gasteiger partial charge in [0.1, 0.15) is 18.9 Å². The molecule has 0 spiro atoms. The summed E-state index contributed by atoms with van der Waals surface area (Å²) in [7, 11) is 1.43. The van der Waals surface area contributed by atoms with Crippen LogP contribution in [0.2, 0.25) is 0 Å². The van der Waals surface area contributed by atoms with Crippen molar-refractivity contribution in [2.75, 3.05) is 36.3 Å². The highest BCUT2D eigenvalue weighted by Gasteiger charge is 2.38. The molecule has 2 heterocycles. The van der Waals surface area contributed by atoms with Crippen LogP contribution in [0.25, 0.3) is 0 Å². The molecule has 228 valence electrons. The zero-order valence-electron chi connectivity index (χ0n) is 23.5. The van der Waals surface area contributed by atoms with Gasteiger partial charge in [0.25, 0.3) is 5.91 Å². The maximum absolute atomic E-state index is 13.9. The van der Waals surface area contributed by atoms with Crippen LogP contribution < -0.4 is 16.0 Å². The Morgan fingerprint density at radius 2 is 1.88 bits per heavy atom.